The number of aromatic nitrogens is 3. The lowest BCUT2D eigenvalue weighted by molar-refractivity contribution is -0.186. The predicted octanol–water partition coefficient (Wildman–Crippen LogP) is 2.92. The average Bonchev–Trinajstić information content (AvgIpc) is 3.82. The summed E-state index contributed by atoms with van der Waals surface area (Å²) in [5.41, 5.74) is 3.46. The number of amides is 4. The Morgan fingerprint density at radius 3 is 2.37 bits per heavy atom. The maximum absolute atomic E-state index is 14.7. The molecule has 52 heavy (non-hydrogen) atoms. The third-order valence-corrected chi connectivity index (χ3v) is 11.3. The fourth-order valence-corrected chi connectivity index (χ4v) is 8.23. The highest BCUT2D eigenvalue weighted by Gasteiger charge is 2.49. The lowest BCUT2D eigenvalue weighted by Crippen LogP contribution is -2.62. The molecular weight excluding hydrogens is 666 g/mol. The van der Waals surface area contributed by atoms with Gasteiger partial charge in [-0.1, -0.05) is 86.9 Å². The number of Topliss-reactive ketones (excluding diaryl/α,β-unsaturated/α-hetero) is 1. The van der Waals surface area contributed by atoms with E-state index in [1.807, 2.05) is 30.3 Å². The standard InChI is InChI=1S/C38H45N7O7/c39-33(47)32(46)37(15-7-2-8-16-37)41-35(49)30-19-28(45-21-31(42-43-45)38(51)22-52-23-38)20-44(30)36(50)29(17-24-9-3-1-4-10-24)40-34(48)27-14-13-25-11-5-6-12-26(25)18-27/h5-6,11-14,18,21,24,28,30,51H,1-4,7-10,15-17,19-20,22-23H2,(H2,39,47)(H,41,49)/t28-,30-/m0/s1. The van der Waals surface area contributed by atoms with E-state index in [2.05, 4.69) is 20.6 Å². The van der Waals surface area contributed by atoms with Gasteiger partial charge in [-0.25, -0.2) is 9.67 Å². The highest BCUT2D eigenvalue weighted by atomic mass is 16.5. The molecule has 7 rings (SSSR count). The van der Waals surface area contributed by atoms with Gasteiger partial charge in [0.1, 0.15) is 23.0 Å². The van der Waals surface area contributed by atoms with Crippen LogP contribution in [0.2, 0.25) is 0 Å². The van der Waals surface area contributed by atoms with Crippen molar-refractivity contribution in [1.82, 2.24) is 25.2 Å². The first-order valence-electron chi connectivity index (χ1n) is 18.4. The van der Waals surface area contributed by atoms with Crippen molar-refractivity contribution < 1.29 is 33.8 Å². The van der Waals surface area contributed by atoms with E-state index in [4.69, 9.17) is 10.5 Å². The Labute approximate surface area is 301 Å². The molecule has 0 spiro atoms. The predicted molar refractivity (Wildman–Crippen MR) is 189 cm³/mol. The number of hydrogen-bond acceptors (Lipinski definition) is 9. The molecule has 3 heterocycles. The van der Waals surface area contributed by atoms with Crippen LogP contribution in [0, 0.1) is 5.92 Å². The number of carbonyl (C=O) groups is 5. The highest BCUT2D eigenvalue weighted by Crippen LogP contribution is 2.35. The van der Waals surface area contributed by atoms with Gasteiger partial charge in [0.05, 0.1) is 25.5 Å². The number of ketones is 1. The van der Waals surface area contributed by atoms with Crippen molar-refractivity contribution in [2.45, 2.75) is 100 Å². The smallest absolute Gasteiger partial charge is 0.287 e. The number of nitrogens with one attached hydrogen (secondary N) is 1. The van der Waals surface area contributed by atoms with Crippen molar-refractivity contribution in [2.75, 3.05) is 19.8 Å². The number of aliphatic hydroxyl groups is 1. The first-order valence-corrected chi connectivity index (χ1v) is 18.4. The number of aliphatic imine (C=N–C) groups is 1. The number of benzene rings is 2. The van der Waals surface area contributed by atoms with E-state index in [-0.39, 0.29) is 57.1 Å². The Hall–Kier alpha value is -4.82. The lowest BCUT2D eigenvalue weighted by Gasteiger charge is -2.37. The van der Waals surface area contributed by atoms with Crippen LogP contribution in [0.5, 0.6) is 0 Å². The molecule has 2 saturated carbocycles. The Kier molecular flexibility index (Phi) is 10.0. The molecule has 4 fully saturated rings. The molecule has 2 aromatic carbocycles. The number of hydrogen-bond donors (Lipinski definition) is 3. The number of primary amides is 1. The van der Waals surface area contributed by atoms with Crippen molar-refractivity contribution in [3.8, 4) is 0 Å². The molecule has 2 atom stereocenters. The van der Waals surface area contributed by atoms with Gasteiger partial charge < -0.3 is 25.8 Å². The van der Waals surface area contributed by atoms with Gasteiger partial charge in [0.2, 0.25) is 11.7 Å². The topological polar surface area (TPSA) is 199 Å². The first kappa shape index (κ1) is 35.6. The molecule has 0 radical (unpaired) electrons. The molecule has 4 N–H and O–H groups in total. The fourth-order valence-electron chi connectivity index (χ4n) is 8.23. The number of fused-ring (bicyclic) bond motifs is 1. The van der Waals surface area contributed by atoms with Crippen LogP contribution in [-0.2, 0) is 29.5 Å². The van der Waals surface area contributed by atoms with Crippen LogP contribution in [-0.4, -0.2) is 91.5 Å². The van der Waals surface area contributed by atoms with Crippen LogP contribution in [0.15, 0.2) is 53.7 Å². The van der Waals surface area contributed by atoms with Gasteiger partial charge in [-0.15, -0.1) is 5.10 Å². The van der Waals surface area contributed by atoms with Gasteiger partial charge in [-0.2, -0.15) is 0 Å². The number of ether oxygens (including phenoxy) is 1. The van der Waals surface area contributed by atoms with Crippen molar-refractivity contribution in [2.24, 2.45) is 16.6 Å². The molecule has 3 aromatic rings. The van der Waals surface area contributed by atoms with Crippen LogP contribution >= 0.6 is 0 Å². The highest BCUT2D eigenvalue weighted by molar-refractivity contribution is 6.41. The zero-order chi connectivity index (χ0) is 36.5. The molecule has 2 aliphatic heterocycles. The van der Waals surface area contributed by atoms with Gasteiger partial charge in [0, 0.05) is 18.5 Å². The third kappa shape index (κ3) is 7.13. The summed E-state index contributed by atoms with van der Waals surface area (Å²) >= 11 is 0. The quantitative estimate of drug-likeness (QED) is 0.209. The largest absolute Gasteiger partial charge is 0.379 e. The van der Waals surface area contributed by atoms with E-state index in [0.29, 0.717) is 24.1 Å². The van der Waals surface area contributed by atoms with E-state index in [1.165, 1.54) is 9.58 Å². The van der Waals surface area contributed by atoms with E-state index in [0.717, 1.165) is 49.3 Å². The van der Waals surface area contributed by atoms with Crippen LogP contribution < -0.4 is 11.1 Å². The normalized spacial score (nSPS) is 23.2. The van der Waals surface area contributed by atoms with Crippen molar-refractivity contribution in [3.05, 3.63) is 59.9 Å². The Morgan fingerprint density at radius 1 is 0.962 bits per heavy atom. The maximum atomic E-state index is 14.7. The molecule has 0 bridgehead atoms. The summed E-state index contributed by atoms with van der Waals surface area (Å²) in [6.45, 7) is 0.182. The first-order chi connectivity index (χ1) is 25.0. The number of carbonyl (C=O) groups excluding carboxylic acids is 5. The zero-order valence-electron chi connectivity index (χ0n) is 29.2. The summed E-state index contributed by atoms with van der Waals surface area (Å²) < 4.78 is 6.71. The summed E-state index contributed by atoms with van der Waals surface area (Å²) in [6.07, 6.45) is 9.51. The molecule has 0 unspecified atom stereocenters. The Balaban J connectivity index is 1.22. The summed E-state index contributed by atoms with van der Waals surface area (Å²) in [6, 6.07) is 11.3. The Morgan fingerprint density at radius 2 is 1.67 bits per heavy atom. The minimum Gasteiger partial charge on any atom is -0.379 e. The summed E-state index contributed by atoms with van der Waals surface area (Å²) in [5.74, 6) is -3.53. The van der Waals surface area contributed by atoms with Gasteiger partial charge >= 0.3 is 0 Å². The van der Waals surface area contributed by atoms with E-state index >= 15 is 0 Å². The van der Waals surface area contributed by atoms with Crippen LogP contribution in [0.1, 0.15) is 99.1 Å². The van der Waals surface area contributed by atoms with Crippen molar-refractivity contribution in [1.29, 1.82) is 0 Å². The number of likely N-dealkylation sites (tertiary alicyclic amines) is 1. The minimum atomic E-state index is -1.47. The van der Waals surface area contributed by atoms with Crippen LogP contribution in [0.3, 0.4) is 0 Å². The third-order valence-electron chi connectivity index (χ3n) is 11.3. The SMILES string of the molecule is NC(=O)C(=O)C1(NC(=O)[C@@H]2C[C@H](n3cc(C4(O)COC4)nn3)CN2C(=O)C(CC2CCCCC2)=NC(=O)c2ccc3ccccc3c2)CCCCC1. The lowest BCUT2D eigenvalue weighted by atomic mass is 9.78. The van der Waals surface area contributed by atoms with E-state index in [9.17, 15) is 29.1 Å². The van der Waals surface area contributed by atoms with Crippen LogP contribution in [0.25, 0.3) is 10.8 Å². The summed E-state index contributed by atoms with van der Waals surface area (Å²) in [7, 11) is 0. The number of nitrogens with zero attached hydrogens (tertiary/aromatic N) is 5. The fraction of sp³-hybridized carbons (Fsp3) is 0.526. The van der Waals surface area contributed by atoms with Gasteiger partial charge in [0.25, 0.3) is 17.7 Å². The molecule has 14 heteroatoms. The van der Waals surface area contributed by atoms with Gasteiger partial charge in [-0.3, -0.25) is 24.0 Å². The molecule has 274 valence electrons. The van der Waals surface area contributed by atoms with E-state index < -0.39 is 52.6 Å². The molecular formula is C38H45N7O7. The summed E-state index contributed by atoms with van der Waals surface area (Å²) in [5, 5.41) is 23.9. The molecule has 4 aliphatic rings. The summed E-state index contributed by atoms with van der Waals surface area (Å²) in [4.78, 5) is 74.1. The maximum Gasteiger partial charge on any atom is 0.287 e. The molecule has 1 aromatic heterocycles. The van der Waals surface area contributed by atoms with Gasteiger partial charge in [0.15, 0.2) is 5.60 Å². The van der Waals surface area contributed by atoms with Gasteiger partial charge in [-0.05, 0) is 48.1 Å². The number of rotatable bonds is 10. The minimum absolute atomic E-state index is 0.0270. The molecule has 14 nitrogen and oxygen atoms in total. The molecule has 2 aliphatic carbocycles. The van der Waals surface area contributed by atoms with E-state index in [1.54, 1.807) is 18.3 Å². The van der Waals surface area contributed by atoms with Crippen molar-refractivity contribution >= 4 is 45.9 Å². The monoisotopic (exact) mass is 711 g/mol. The second-order valence-electron chi connectivity index (χ2n) is 14.9. The zero-order valence-corrected chi connectivity index (χ0v) is 29.2. The molecule has 4 amide bonds. The molecule has 2 saturated heterocycles. The second-order valence-corrected chi connectivity index (χ2v) is 14.9. The second kappa shape index (κ2) is 14.7. The number of nitrogens with two attached hydrogens (primary N) is 1. The van der Waals surface area contributed by atoms with Crippen LogP contribution in [0.4, 0.5) is 0 Å². The average molecular weight is 712 g/mol. The Bertz CT molecular complexity index is 1910. The van der Waals surface area contributed by atoms with Crippen molar-refractivity contribution in [3.63, 3.8) is 0 Å².